The van der Waals surface area contributed by atoms with Crippen LogP contribution in [0.4, 0.5) is 5.69 Å². The molecule has 3 N–H and O–H groups in total. The van der Waals surface area contributed by atoms with Crippen molar-refractivity contribution in [3.63, 3.8) is 0 Å². The maximum atomic E-state index is 11.9. The standard InChI is InChI=1S/C16H24N2O3/c1-4-12-5-7-13(8-6-12)17-15(20)16(21)18-14(9-10-19)11(2)3/h5-8,11,14,19H,4,9-10H2,1-3H3,(H,17,20)(H,18,21). The van der Waals surface area contributed by atoms with E-state index in [-0.39, 0.29) is 18.6 Å². The van der Waals surface area contributed by atoms with Crippen molar-refractivity contribution in [1.82, 2.24) is 5.32 Å². The number of amides is 2. The van der Waals surface area contributed by atoms with E-state index in [4.69, 9.17) is 5.11 Å². The van der Waals surface area contributed by atoms with Gasteiger partial charge in [-0.05, 0) is 36.5 Å². The zero-order valence-electron chi connectivity index (χ0n) is 12.8. The van der Waals surface area contributed by atoms with Crippen molar-refractivity contribution >= 4 is 17.5 Å². The zero-order chi connectivity index (χ0) is 15.8. The molecule has 0 bridgehead atoms. The third kappa shape index (κ3) is 5.55. The van der Waals surface area contributed by atoms with E-state index in [1.165, 1.54) is 5.56 Å². The molecule has 0 radical (unpaired) electrons. The molecule has 0 aliphatic heterocycles. The molecule has 21 heavy (non-hydrogen) atoms. The van der Waals surface area contributed by atoms with Crippen LogP contribution in [0.5, 0.6) is 0 Å². The summed E-state index contributed by atoms with van der Waals surface area (Å²) in [7, 11) is 0. The number of carbonyl (C=O) groups excluding carboxylic acids is 2. The quantitative estimate of drug-likeness (QED) is 0.698. The zero-order valence-corrected chi connectivity index (χ0v) is 12.8. The normalized spacial score (nSPS) is 12.0. The van der Waals surface area contributed by atoms with Gasteiger partial charge < -0.3 is 15.7 Å². The second-order valence-corrected chi connectivity index (χ2v) is 5.34. The molecule has 1 aromatic carbocycles. The number of anilines is 1. The van der Waals surface area contributed by atoms with Crippen LogP contribution in [0.15, 0.2) is 24.3 Å². The Morgan fingerprint density at radius 2 is 1.76 bits per heavy atom. The molecular weight excluding hydrogens is 268 g/mol. The first-order valence-electron chi connectivity index (χ1n) is 7.29. The molecule has 0 aliphatic carbocycles. The van der Waals surface area contributed by atoms with E-state index in [2.05, 4.69) is 10.6 Å². The summed E-state index contributed by atoms with van der Waals surface area (Å²) in [5.41, 5.74) is 1.76. The van der Waals surface area contributed by atoms with Gasteiger partial charge in [0.15, 0.2) is 0 Å². The summed E-state index contributed by atoms with van der Waals surface area (Å²) in [6.07, 6.45) is 1.35. The van der Waals surface area contributed by atoms with E-state index in [0.717, 1.165) is 6.42 Å². The van der Waals surface area contributed by atoms with Gasteiger partial charge in [-0.2, -0.15) is 0 Å². The van der Waals surface area contributed by atoms with Gasteiger partial charge in [0, 0.05) is 18.3 Å². The number of aliphatic hydroxyl groups is 1. The SMILES string of the molecule is CCc1ccc(NC(=O)C(=O)NC(CCO)C(C)C)cc1. The van der Waals surface area contributed by atoms with Gasteiger partial charge in [-0.1, -0.05) is 32.9 Å². The van der Waals surface area contributed by atoms with Gasteiger partial charge in [0.05, 0.1) is 0 Å². The van der Waals surface area contributed by atoms with Crippen molar-refractivity contribution in [2.45, 2.75) is 39.7 Å². The van der Waals surface area contributed by atoms with Crippen LogP contribution in [0.1, 0.15) is 32.8 Å². The van der Waals surface area contributed by atoms with E-state index in [9.17, 15) is 9.59 Å². The summed E-state index contributed by atoms with van der Waals surface area (Å²) in [4.78, 5) is 23.7. The maximum absolute atomic E-state index is 11.9. The smallest absolute Gasteiger partial charge is 0.313 e. The van der Waals surface area contributed by atoms with Crippen LogP contribution in [-0.2, 0) is 16.0 Å². The number of hydrogen-bond acceptors (Lipinski definition) is 3. The fourth-order valence-electron chi connectivity index (χ4n) is 1.96. The van der Waals surface area contributed by atoms with Crippen molar-refractivity contribution in [3.05, 3.63) is 29.8 Å². The van der Waals surface area contributed by atoms with E-state index < -0.39 is 11.8 Å². The first-order chi connectivity index (χ1) is 9.97. The van der Waals surface area contributed by atoms with Crippen LogP contribution in [0.2, 0.25) is 0 Å². The van der Waals surface area contributed by atoms with Gasteiger partial charge in [-0.15, -0.1) is 0 Å². The summed E-state index contributed by atoms with van der Waals surface area (Å²) in [6.45, 7) is 5.89. The van der Waals surface area contributed by atoms with E-state index in [0.29, 0.717) is 12.1 Å². The van der Waals surface area contributed by atoms with Gasteiger partial charge in [0.1, 0.15) is 0 Å². The molecular formula is C16H24N2O3. The van der Waals surface area contributed by atoms with Gasteiger partial charge in [0.2, 0.25) is 0 Å². The van der Waals surface area contributed by atoms with Crippen molar-refractivity contribution < 1.29 is 14.7 Å². The summed E-state index contributed by atoms with van der Waals surface area (Å²) in [6, 6.07) is 7.16. The van der Waals surface area contributed by atoms with Crippen LogP contribution in [0.3, 0.4) is 0 Å². The molecule has 1 unspecified atom stereocenters. The highest BCUT2D eigenvalue weighted by molar-refractivity contribution is 6.39. The lowest BCUT2D eigenvalue weighted by atomic mass is 10.0. The van der Waals surface area contributed by atoms with Gasteiger partial charge in [-0.25, -0.2) is 0 Å². The predicted molar refractivity (Wildman–Crippen MR) is 82.9 cm³/mol. The first-order valence-corrected chi connectivity index (χ1v) is 7.29. The van der Waals surface area contributed by atoms with Gasteiger partial charge in [-0.3, -0.25) is 9.59 Å². The van der Waals surface area contributed by atoms with Gasteiger partial charge >= 0.3 is 11.8 Å². The molecule has 116 valence electrons. The highest BCUT2D eigenvalue weighted by Gasteiger charge is 2.20. The molecule has 1 atom stereocenters. The van der Waals surface area contributed by atoms with Crippen molar-refractivity contribution in [2.24, 2.45) is 5.92 Å². The lowest BCUT2D eigenvalue weighted by molar-refractivity contribution is -0.136. The number of aryl methyl sites for hydroxylation is 1. The van der Waals surface area contributed by atoms with Crippen LogP contribution in [-0.4, -0.2) is 29.6 Å². The molecule has 5 heteroatoms. The highest BCUT2D eigenvalue weighted by Crippen LogP contribution is 2.10. The molecule has 0 aliphatic rings. The van der Waals surface area contributed by atoms with Crippen molar-refractivity contribution in [3.8, 4) is 0 Å². The van der Waals surface area contributed by atoms with Crippen molar-refractivity contribution in [2.75, 3.05) is 11.9 Å². The van der Waals surface area contributed by atoms with E-state index in [1.807, 2.05) is 32.9 Å². The largest absolute Gasteiger partial charge is 0.396 e. The Morgan fingerprint density at radius 3 is 2.24 bits per heavy atom. The Labute approximate surface area is 125 Å². The van der Waals surface area contributed by atoms with Gasteiger partial charge in [0.25, 0.3) is 0 Å². The Hall–Kier alpha value is -1.88. The lowest BCUT2D eigenvalue weighted by Crippen LogP contribution is -2.44. The van der Waals surface area contributed by atoms with E-state index >= 15 is 0 Å². The summed E-state index contributed by atoms with van der Waals surface area (Å²) < 4.78 is 0. The number of hydrogen-bond donors (Lipinski definition) is 3. The third-order valence-electron chi connectivity index (χ3n) is 3.39. The Kier molecular flexibility index (Phi) is 6.88. The molecule has 0 aromatic heterocycles. The second-order valence-electron chi connectivity index (χ2n) is 5.34. The fourth-order valence-corrected chi connectivity index (χ4v) is 1.96. The summed E-state index contributed by atoms with van der Waals surface area (Å²) in [5, 5.41) is 14.2. The third-order valence-corrected chi connectivity index (χ3v) is 3.39. The molecule has 0 heterocycles. The maximum Gasteiger partial charge on any atom is 0.313 e. The minimum atomic E-state index is -0.692. The van der Waals surface area contributed by atoms with E-state index in [1.54, 1.807) is 12.1 Å². The minimum absolute atomic E-state index is 0.0246. The highest BCUT2D eigenvalue weighted by atomic mass is 16.3. The molecule has 0 spiro atoms. The lowest BCUT2D eigenvalue weighted by Gasteiger charge is -2.21. The number of benzene rings is 1. The average molecular weight is 292 g/mol. The molecule has 5 nitrogen and oxygen atoms in total. The molecule has 1 aromatic rings. The Bertz CT molecular complexity index is 469. The monoisotopic (exact) mass is 292 g/mol. The Morgan fingerprint density at radius 1 is 1.14 bits per heavy atom. The average Bonchev–Trinajstić information content (AvgIpc) is 2.47. The van der Waals surface area contributed by atoms with Crippen LogP contribution in [0, 0.1) is 5.92 Å². The molecule has 1 rings (SSSR count). The minimum Gasteiger partial charge on any atom is -0.396 e. The number of carbonyl (C=O) groups is 2. The molecule has 0 saturated heterocycles. The number of aliphatic hydroxyl groups excluding tert-OH is 1. The topological polar surface area (TPSA) is 78.4 Å². The molecule has 0 fully saturated rings. The van der Waals surface area contributed by atoms with Crippen LogP contribution in [0.25, 0.3) is 0 Å². The second kappa shape index (κ2) is 8.42. The Balaban J connectivity index is 2.58. The first kappa shape index (κ1) is 17.2. The molecule has 2 amide bonds. The predicted octanol–water partition coefficient (Wildman–Crippen LogP) is 1.71. The summed E-state index contributed by atoms with van der Waals surface area (Å²) in [5.74, 6) is -1.22. The van der Waals surface area contributed by atoms with Crippen LogP contribution < -0.4 is 10.6 Å². The summed E-state index contributed by atoms with van der Waals surface area (Å²) >= 11 is 0. The van der Waals surface area contributed by atoms with Crippen LogP contribution >= 0.6 is 0 Å². The fraction of sp³-hybridized carbons (Fsp3) is 0.500. The number of nitrogens with one attached hydrogen (secondary N) is 2. The number of rotatable bonds is 6. The molecule has 0 saturated carbocycles. The van der Waals surface area contributed by atoms with Crippen molar-refractivity contribution in [1.29, 1.82) is 0 Å².